The summed E-state index contributed by atoms with van der Waals surface area (Å²) in [6.45, 7) is 2.37. The lowest BCUT2D eigenvalue weighted by Crippen LogP contribution is -2.46. The fraction of sp³-hybridized carbons (Fsp3) is 0.370. The molecule has 0 saturated carbocycles. The number of aryl methyl sites for hydroxylation is 1. The topological polar surface area (TPSA) is 167 Å². The number of esters is 1. The van der Waals surface area contributed by atoms with E-state index in [-0.39, 0.29) is 24.5 Å². The number of nitrogens with zero attached hydrogens (tertiary/aromatic N) is 1. The normalized spacial score (nSPS) is 25.4. The molecule has 6 atom stereocenters. The van der Waals surface area contributed by atoms with Crippen molar-refractivity contribution in [1.82, 2.24) is 14.6 Å². The summed E-state index contributed by atoms with van der Waals surface area (Å²) in [4.78, 5) is 39.2. The van der Waals surface area contributed by atoms with Crippen LogP contribution in [0.15, 0.2) is 76.4 Å². The van der Waals surface area contributed by atoms with E-state index in [2.05, 4.69) is 10.1 Å². The Morgan fingerprint density at radius 1 is 1.20 bits per heavy atom. The van der Waals surface area contributed by atoms with Gasteiger partial charge in [-0.15, -0.1) is 0 Å². The van der Waals surface area contributed by atoms with E-state index in [0.717, 1.165) is 10.1 Å². The minimum absolute atomic E-state index is 0.0171. The SMILES string of the molecule is Cc1cn([C@@H]2O[C@]3(COP(=O)(N[C@@H](C)C(=O)OCc4ccccc4)Oc4ccccc4)CO[C@H]2[C@H]3O)c(=O)[nH]c1=O. The first kappa shape index (κ1) is 28.9. The van der Waals surface area contributed by atoms with Crippen LogP contribution in [0.1, 0.15) is 24.3 Å². The molecule has 5 rings (SSSR count). The smallest absolute Gasteiger partial charge is 0.459 e. The van der Waals surface area contributed by atoms with Gasteiger partial charge in [0.2, 0.25) is 0 Å². The molecule has 218 valence electrons. The molecule has 1 aromatic heterocycles. The second-order valence-electron chi connectivity index (χ2n) is 9.89. The van der Waals surface area contributed by atoms with Crippen molar-refractivity contribution in [3.8, 4) is 5.75 Å². The molecule has 2 aliphatic heterocycles. The van der Waals surface area contributed by atoms with E-state index < -0.39 is 61.7 Å². The van der Waals surface area contributed by atoms with Crippen molar-refractivity contribution in [2.75, 3.05) is 13.2 Å². The summed E-state index contributed by atoms with van der Waals surface area (Å²) in [5.41, 5.74) is -1.77. The number of aromatic amines is 1. The number of hydrogen-bond donors (Lipinski definition) is 3. The molecule has 0 aliphatic carbocycles. The third kappa shape index (κ3) is 6.20. The van der Waals surface area contributed by atoms with Crippen molar-refractivity contribution in [2.45, 2.75) is 50.5 Å². The molecule has 2 aromatic carbocycles. The molecule has 0 spiro atoms. The molecule has 3 heterocycles. The lowest BCUT2D eigenvalue weighted by Gasteiger charge is -2.32. The molecule has 1 unspecified atom stereocenters. The molecule has 2 aliphatic rings. The number of aliphatic hydroxyl groups excluding tert-OH is 1. The summed E-state index contributed by atoms with van der Waals surface area (Å²) in [6, 6.07) is 16.2. The molecule has 14 heteroatoms. The van der Waals surface area contributed by atoms with Gasteiger partial charge in [0.1, 0.15) is 36.2 Å². The van der Waals surface area contributed by atoms with Crippen molar-refractivity contribution < 1.29 is 37.7 Å². The number of rotatable bonds is 11. The Kier molecular flexibility index (Phi) is 8.28. The quantitative estimate of drug-likeness (QED) is 0.221. The molecule has 2 saturated heterocycles. The zero-order valence-electron chi connectivity index (χ0n) is 22.3. The molecule has 0 radical (unpaired) electrons. The van der Waals surface area contributed by atoms with Gasteiger partial charge >= 0.3 is 19.4 Å². The van der Waals surface area contributed by atoms with Crippen LogP contribution >= 0.6 is 7.75 Å². The number of benzene rings is 2. The van der Waals surface area contributed by atoms with Crippen molar-refractivity contribution in [2.24, 2.45) is 0 Å². The van der Waals surface area contributed by atoms with Gasteiger partial charge in [0.05, 0.1) is 13.2 Å². The van der Waals surface area contributed by atoms with Crippen LogP contribution in [0.4, 0.5) is 0 Å². The van der Waals surface area contributed by atoms with Gasteiger partial charge < -0.3 is 23.8 Å². The van der Waals surface area contributed by atoms with Gasteiger partial charge in [-0.1, -0.05) is 48.5 Å². The van der Waals surface area contributed by atoms with Crippen LogP contribution in [-0.2, 0) is 34.7 Å². The maximum Gasteiger partial charge on any atom is 0.459 e. The Morgan fingerprint density at radius 3 is 2.59 bits per heavy atom. The maximum atomic E-state index is 14.0. The predicted molar refractivity (Wildman–Crippen MR) is 144 cm³/mol. The molecule has 0 amide bonds. The number of aliphatic hydroxyl groups is 1. The lowest BCUT2D eigenvalue weighted by molar-refractivity contribution is -0.185. The van der Waals surface area contributed by atoms with Crippen molar-refractivity contribution in [3.63, 3.8) is 0 Å². The first-order valence-electron chi connectivity index (χ1n) is 12.9. The van der Waals surface area contributed by atoms with Gasteiger partial charge in [0, 0.05) is 11.8 Å². The van der Waals surface area contributed by atoms with E-state index >= 15 is 0 Å². The average molecular weight is 588 g/mol. The highest BCUT2D eigenvalue weighted by atomic mass is 31.2. The van der Waals surface area contributed by atoms with Gasteiger partial charge in [0.25, 0.3) is 5.56 Å². The zero-order chi connectivity index (χ0) is 29.2. The number of hydrogen-bond acceptors (Lipinski definition) is 10. The number of aromatic nitrogens is 2. The number of ether oxygens (including phenoxy) is 3. The number of carbonyl (C=O) groups is 1. The molecule has 13 nitrogen and oxygen atoms in total. The van der Waals surface area contributed by atoms with Crippen LogP contribution < -0.4 is 20.9 Å². The summed E-state index contributed by atoms with van der Waals surface area (Å²) >= 11 is 0. The Bertz CT molecular complexity index is 1550. The third-order valence-electron chi connectivity index (χ3n) is 6.80. The second-order valence-corrected chi connectivity index (χ2v) is 11.6. The summed E-state index contributed by atoms with van der Waals surface area (Å²) in [7, 11) is -4.29. The summed E-state index contributed by atoms with van der Waals surface area (Å²) in [5.74, 6) is -0.492. The van der Waals surface area contributed by atoms with Gasteiger partial charge in [-0.25, -0.2) is 9.36 Å². The minimum Gasteiger partial charge on any atom is -0.460 e. The Hall–Kier alpha value is -3.58. The molecular weight excluding hydrogens is 557 g/mol. The van der Waals surface area contributed by atoms with Crippen LogP contribution in [0.2, 0.25) is 0 Å². The monoisotopic (exact) mass is 587 g/mol. The number of para-hydroxylation sites is 1. The van der Waals surface area contributed by atoms with Crippen LogP contribution in [0.25, 0.3) is 0 Å². The Balaban J connectivity index is 1.32. The molecule has 3 aromatic rings. The highest BCUT2D eigenvalue weighted by Crippen LogP contribution is 2.50. The molecule has 2 fully saturated rings. The van der Waals surface area contributed by atoms with Crippen LogP contribution in [0.5, 0.6) is 5.75 Å². The zero-order valence-corrected chi connectivity index (χ0v) is 23.2. The standard InChI is InChI=1S/C27H30N3O10P/c1-17-13-30(26(34)28-23(17)32)24-21-22(31)27(39-24,15-37-21)16-38-41(35,40-20-11-7-4-8-12-20)29-18(2)25(33)36-14-19-9-5-3-6-10-19/h3-13,18,21-22,24,31H,14-16H2,1-2H3,(H,29,35)(H,28,32,34)/t18-,21-,22+,24+,27-,41?/m0/s1. The summed E-state index contributed by atoms with van der Waals surface area (Å²) in [5, 5.41) is 13.6. The van der Waals surface area contributed by atoms with Gasteiger partial charge in [-0.3, -0.25) is 23.7 Å². The van der Waals surface area contributed by atoms with Gasteiger partial charge in [-0.05, 0) is 31.5 Å². The second kappa shape index (κ2) is 11.7. The van der Waals surface area contributed by atoms with Crippen molar-refractivity contribution in [1.29, 1.82) is 0 Å². The van der Waals surface area contributed by atoms with E-state index in [4.69, 9.17) is 23.3 Å². The van der Waals surface area contributed by atoms with E-state index in [9.17, 15) is 24.1 Å². The molecule has 2 bridgehead atoms. The van der Waals surface area contributed by atoms with E-state index in [1.807, 2.05) is 18.2 Å². The Morgan fingerprint density at radius 2 is 1.88 bits per heavy atom. The van der Waals surface area contributed by atoms with Crippen molar-refractivity contribution >= 4 is 13.7 Å². The largest absolute Gasteiger partial charge is 0.460 e. The van der Waals surface area contributed by atoms with Crippen LogP contribution in [-0.4, -0.2) is 57.7 Å². The molecular formula is C27H30N3O10P. The lowest BCUT2D eigenvalue weighted by atomic mass is 10.0. The predicted octanol–water partition coefficient (Wildman–Crippen LogP) is 1.80. The fourth-order valence-electron chi connectivity index (χ4n) is 4.56. The highest BCUT2D eigenvalue weighted by molar-refractivity contribution is 7.52. The first-order chi connectivity index (χ1) is 19.6. The van der Waals surface area contributed by atoms with Gasteiger partial charge in [0.15, 0.2) is 6.23 Å². The summed E-state index contributed by atoms with van der Waals surface area (Å²) in [6.07, 6.45) is -2.01. The number of nitrogens with one attached hydrogen (secondary N) is 2. The number of carbonyl (C=O) groups excluding carboxylic acids is 1. The first-order valence-corrected chi connectivity index (χ1v) is 14.4. The third-order valence-corrected chi connectivity index (χ3v) is 8.43. The average Bonchev–Trinajstić information content (AvgIpc) is 3.42. The number of fused-ring (bicyclic) bond motifs is 2. The van der Waals surface area contributed by atoms with Crippen LogP contribution in [0, 0.1) is 6.92 Å². The summed E-state index contributed by atoms with van der Waals surface area (Å²) < 4.78 is 43.6. The highest BCUT2D eigenvalue weighted by Gasteiger charge is 2.63. The molecule has 3 N–H and O–H groups in total. The van der Waals surface area contributed by atoms with Gasteiger partial charge in [-0.2, -0.15) is 5.09 Å². The minimum atomic E-state index is -4.29. The molecule has 41 heavy (non-hydrogen) atoms. The van der Waals surface area contributed by atoms with Crippen LogP contribution in [0.3, 0.4) is 0 Å². The fourth-order valence-corrected chi connectivity index (χ4v) is 6.11. The maximum absolute atomic E-state index is 14.0. The number of H-pyrrole nitrogens is 1. The van der Waals surface area contributed by atoms with Crippen molar-refractivity contribution in [3.05, 3.63) is 98.8 Å². The Labute approximate surface area is 234 Å². The van der Waals surface area contributed by atoms with E-state index in [1.165, 1.54) is 20.0 Å². The van der Waals surface area contributed by atoms with E-state index in [1.54, 1.807) is 42.5 Å². The van der Waals surface area contributed by atoms with E-state index in [0.29, 0.717) is 0 Å².